The Kier molecular flexibility index (Phi) is 4.06. The van der Waals surface area contributed by atoms with Crippen LogP contribution in [0.15, 0.2) is 0 Å². The van der Waals surface area contributed by atoms with Gasteiger partial charge in [-0.1, -0.05) is 41.6 Å². The van der Waals surface area contributed by atoms with Crippen molar-refractivity contribution in [3.63, 3.8) is 0 Å². The minimum absolute atomic E-state index is 0.324. The van der Waals surface area contributed by atoms with Gasteiger partial charge < -0.3 is 5.11 Å². The van der Waals surface area contributed by atoms with E-state index in [9.17, 15) is 4.79 Å². The summed E-state index contributed by atoms with van der Waals surface area (Å²) < 4.78 is 0. The molecule has 2 nitrogen and oxygen atoms in total. The molecule has 0 aromatic rings. The van der Waals surface area contributed by atoms with Crippen LogP contribution in [0.4, 0.5) is 0 Å². The van der Waals surface area contributed by atoms with E-state index in [0.717, 1.165) is 12.8 Å². The molecular formula is C9H15BrO2. The summed E-state index contributed by atoms with van der Waals surface area (Å²) in [4.78, 5) is 10.3. The lowest BCUT2D eigenvalue weighted by Gasteiger charge is -2.16. The van der Waals surface area contributed by atoms with Crippen LogP contribution in [0.25, 0.3) is 0 Å². The lowest BCUT2D eigenvalue weighted by molar-refractivity contribution is -0.137. The van der Waals surface area contributed by atoms with E-state index in [1.54, 1.807) is 0 Å². The van der Waals surface area contributed by atoms with Crippen molar-refractivity contribution in [2.75, 3.05) is 0 Å². The van der Waals surface area contributed by atoms with E-state index < -0.39 is 5.97 Å². The maximum atomic E-state index is 10.7. The van der Waals surface area contributed by atoms with Crippen LogP contribution in [0.3, 0.4) is 0 Å². The monoisotopic (exact) mass is 234 g/mol. The second-order valence-electron chi connectivity index (χ2n) is 3.49. The maximum absolute atomic E-state index is 10.7. The van der Waals surface area contributed by atoms with Crippen molar-refractivity contribution in [1.82, 2.24) is 0 Å². The average molecular weight is 235 g/mol. The summed E-state index contributed by atoms with van der Waals surface area (Å²) in [6.07, 6.45) is 7.08. The number of carboxylic acids is 1. The fraction of sp³-hybridized carbons (Fsp3) is 0.889. The van der Waals surface area contributed by atoms with Gasteiger partial charge in [0.15, 0.2) is 0 Å². The molecule has 1 unspecified atom stereocenters. The van der Waals surface area contributed by atoms with Gasteiger partial charge in [-0.05, 0) is 18.8 Å². The Morgan fingerprint density at radius 1 is 1.25 bits per heavy atom. The van der Waals surface area contributed by atoms with Crippen LogP contribution in [0, 0.1) is 5.92 Å². The zero-order valence-electron chi connectivity index (χ0n) is 7.13. The topological polar surface area (TPSA) is 37.3 Å². The number of halogens is 1. The van der Waals surface area contributed by atoms with Crippen LogP contribution in [-0.4, -0.2) is 15.9 Å². The number of carboxylic acid groups (broad SMARTS) is 1. The van der Waals surface area contributed by atoms with Crippen molar-refractivity contribution in [1.29, 1.82) is 0 Å². The number of rotatable bonds is 2. The van der Waals surface area contributed by atoms with Gasteiger partial charge in [0.1, 0.15) is 4.83 Å². The molecule has 0 amide bonds. The third-order valence-electron chi connectivity index (χ3n) is 2.55. The Bertz CT molecular complexity index is 151. The maximum Gasteiger partial charge on any atom is 0.317 e. The first kappa shape index (κ1) is 10.0. The molecule has 70 valence electrons. The fourth-order valence-electron chi connectivity index (χ4n) is 1.81. The van der Waals surface area contributed by atoms with E-state index in [-0.39, 0.29) is 4.83 Å². The molecule has 0 bridgehead atoms. The molecule has 1 aliphatic rings. The van der Waals surface area contributed by atoms with Crippen molar-refractivity contribution in [3.05, 3.63) is 0 Å². The van der Waals surface area contributed by atoms with E-state index >= 15 is 0 Å². The van der Waals surface area contributed by atoms with Gasteiger partial charge in [0, 0.05) is 0 Å². The molecule has 0 aliphatic heterocycles. The van der Waals surface area contributed by atoms with Crippen LogP contribution in [-0.2, 0) is 4.79 Å². The Balaban J connectivity index is 2.42. The third kappa shape index (κ3) is 2.77. The summed E-state index contributed by atoms with van der Waals surface area (Å²) in [6, 6.07) is 0. The molecule has 12 heavy (non-hydrogen) atoms. The van der Waals surface area contributed by atoms with Crippen LogP contribution in [0.1, 0.15) is 38.5 Å². The lowest BCUT2D eigenvalue weighted by Crippen LogP contribution is -2.23. The molecule has 0 spiro atoms. The molecule has 1 aliphatic carbocycles. The highest BCUT2D eigenvalue weighted by atomic mass is 79.9. The lowest BCUT2D eigenvalue weighted by atomic mass is 9.97. The molecule has 0 radical (unpaired) electrons. The number of alkyl halides is 1. The first-order valence-corrected chi connectivity index (χ1v) is 5.50. The molecule has 1 rings (SSSR count). The van der Waals surface area contributed by atoms with Crippen molar-refractivity contribution in [2.24, 2.45) is 5.92 Å². The number of hydrogen-bond acceptors (Lipinski definition) is 1. The van der Waals surface area contributed by atoms with Gasteiger partial charge >= 0.3 is 5.97 Å². The van der Waals surface area contributed by atoms with E-state index in [0.29, 0.717) is 5.92 Å². The van der Waals surface area contributed by atoms with Gasteiger partial charge in [0.05, 0.1) is 0 Å². The van der Waals surface area contributed by atoms with Gasteiger partial charge in [-0.15, -0.1) is 0 Å². The molecular weight excluding hydrogens is 220 g/mol. The first-order valence-electron chi connectivity index (χ1n) is 4.58. The summed E-state index contributed by atoms with van der Waals surface area (Å²) in [5.41, 5.74) is 0. The molecule has 1 saturated carbocycles. The van der Waals surface area contributed by atoms with Crippen molar-refractivity contribution < 1.29 is 9.90 Å². The summed E-state index contributed by atoms with van der Waals surface area (Å²) in [5.74, 6) is -0.355. The van der Waals surface area contributed by atoms with Crippen molar-refractivity contribution in [3.8, 4) is 0 Å². The Hall–Kier alpha value is -0.0500. The molecule has 1 atom stereocenters. The number of hydrogen-bond donors (Lipinski definition) is 1. The summed E-state index contributed by atoms with van der Waals surface area (Å²) in [5, 5.41) is 8.78. The highest BCUT2D eigenvalue weighted by Gasteiger charge is 2.25. The number of aliphatic carboxylic acids is 1. The molecule has 1 fully saturated rings. The molecule has 1 N–H and O–H groups in total. The second-order valence-corrected chi connectivity index (χ2v) is 4.48. The van der Waals surface area contributed by atoms with Crippen LogP contribution in [0.2, 0.25) is 0 Å². The summed E-state index contributed by atoms with van der Waals surface area (Å²) in [7, 11) is 0. The van der Waals surface area contributed by atoms with Crippen LogP contribution < -0.4 is 0 Å². The zero-order chi connectivity index (χ0) is 8.97. The molecule has 0 aromatic heterocycles. The van der Waals surface area contributed by atoms with Crippen molar-refractivity contribution >= 4 is 21.9 Å². The minimum atomic E-state index is -0.707. The smallest absolute Gasteiger partial charge is 0.317 e. The van der Waals surface area contributed by atoms with E-state index in [1.807, 2.05) is 0 Å². The van der Waals surface area contributed by atoms with Gasteiger partial charge in [0.25, 0.3) is 0 Å². The van der Waals surface area contributed by atoms with Crippen LogP contribution >= 0.6 is 15.9 Å². The van der Waals surface area contributed by atoms with E-state index in [1.165, 1.54) is 25.7 Å². The minimum Gasteiger partial charge on any atom is -0.480 e. The van der Waals surface area contributed by atoms with E-state index in [2.05, 4.69) is 15.9 Å². The highest BCUT2D eigenvalue weighted by Crippen LogP contribution is 2.29. The largest absolute Gasteiger partial charge is 0.480 e. The highest BCUT2D eigenvalue weighted by molar-refractivity contribution is 9.10. The summed E-state index contributed by atoms with van der Waals surface area (Å²) >= 11 is 3.24. The van der Waals surface area contributed by atoms with Crippen LogP contribution in [0.5, 0.6) is 0 Å². The van der Waals surface area contributed by atoms with Gasteiger partial charge in [0.2, 0.25) is 0 Å². The van der Waals surface area contributed by atoms with E-state index in [4.69, 9.17) is 5.11 Å². The first-order chi connectivity index (χ1) is 5.72. The average Bonchev–Trinajstić information content (AvgIpc) is 2.30. The number of carbonyl (C=O) groups is 1. The predicted octanol–water partition coefficient (Wildman–Crippen LogP) is 2.80. The standard InChI is InChI=1S/C9H15BrO2/c10-8(9(11)12)7-5-3-1-2-4-6-7/h7-8H,1-6H2,(H,11,12). The van der Waals surface area contributed by atoms with Crippen molar-refractivity contribution in [2.45, 2.75) is 43.4 Å². The van der Waals surface area contributed by atoms with Gasteiger partial charge in [-0.2, -0.15) is 0 Å². The SMILES string of the molecule is O=C(O)C(Br)C1CCCCCC1. The molecule has 0 heterocycles. The fourth-order valence-corrected chi connectivity index (χ4v) is 2.33. The Morgan fingerprint density at radius 2 is 1.75 bits per heavy atom. The molecule has 0 saturated heterocycles. The zero-order valence-corrected chi connectivity index (χ0v) is 8.72. The molecule has 3 heteroatoms. The Labute approximate surface area is 81.5 Å². The quantitative estimate of drug-likeness (QED) is 0.590. The molecule has 0 aromatic carbocycles. The second kappa shape index (κ2) is 4.85. The summed E-state index contributed by atoms with van der Waals surface area (Å²) in [6.45, 7) is 0. The predicted molar refractivity (Wildman–Crippen MR) is 51.5 cm³/mol. The van der Waals surface area contributed by atoms with Gasteiger partial charge in [-0.25, -0.2) is 0 Å². The Morgan fingerprint density at radius 3 is 2.17 bits per heavy atom. The normalized spacial score (nSPS) is 23.1. The third-order valence-corrected chi connectivity index (χ3v) is 3.69. The van der Waals surface area contributed by atoms with Gasteiger partial charge in [-0.3, -0.25) is 4.79 Å².